The van der Waals surface area contributed by atoms with E-state index in [-0.39, 0.29) is 24.5 Å². The second-order valence-electron chi connectivity index (χ2n) is 5.69. The Bertz CT molecular complexity index is 639. The Hall–Kier alpha value is -2.37. The van der Waals surface area contributed by atoms with Crippen molar-refractivity contribution in [2.75, 3.05) is 6.54 Å². The molecule has 2 heterocycles. The lowest BCUT2D eigenvalue weighted by atomic mass is 10.1. The highest BCUT2D eigenvalue weighted by atomic mass is 16.5. The maximum atomic E-state index is 11.9. The van der Waals surface area contributed by atoms with Crippen LogP contribution in [0, 0.1) is 0 Å². The molecule has 1 fully saturated rings. The van der Waals surface area contributed by atoms with Crippen molar-refractivity contribution in [3.8, 4) is 5.75 Å². The standard InChI is InChI=1S/C16H19N3O3/c1-11(2)19-9-12(8-15(19)20)16-17-14(18-22-16)10-21-13-6-4-3-5-7-13/h3-7,11-12H,8-10H2,1-2H3/t12-/m0/s1. The van der Waals surface area contributed by atoms with Gasteiger partial charge in [-0.1, -0.05) is 23.4 Å². The van der Waals surface area contributed by atoms with E-state index in [1.54, 1.807) is 0 Å². The van der Waals surface area contributed by atoms with Gasteiger partial charge in [-0.15, -0.1) is 0 Å². The molecule has 3 rings (SSSR count). The maximum absolute atomic E-state index is 11.9. The molecular formula is C16H19N3O3. The third-order valence-electron chi connectivity index (χ3n) is 3.73. The number of hydrogen-bond acceptors (Lipinski definition) is 5. The van der Waals surface area contributed by atoms with Gasteiger partial charge in [0.25, 0.3) is 0 Å². The number of nitrogens with zero attached hydrogens (tertiary/aromatic N) is 3. The molecule has 0 saturated carbocycles. The van der Waals surface area contributed by atoms with Crippen LogP contribution in [-0.2, 0) is 11.4 Å². The molecule has 0 radical (unpaired) electrons. The van der Waals surface area contributed by atoms with Crippen LogP contribution in [-0.4, -0.2) is 33.5 Å². The van der Waals surface area contributed by atoms with Crippen molar-refractivity contribution in [2.45, 2.75) is 38.8 Å². The molecule has 6 heteroatoms. The monoisotopic (exact) mass is 301 g/mol. The van der Waals surface area contributed by atoms with Crippen LogP contribution in [0.2, 0.25) is 0 Å². The number of amides is 1. The number of benzene rings is 1. The van der Waals surface area contributed by atoms with Crippen molar-refractivity contribution in [1.82, 2.24) is 15.0 Å². The lowest BCUT2D eigenvalue weighted by Crippen LogP contribution is -2.31. The summed E-state index contributed by atoms with van der Waals surface area (Å²) in [6, 6.07) is 9.68. The second-order valence-corrected chi connectivity index (χ2v) is 5.69. The number of para-hydroxylation sites is 1. The average Bonchev–Trinajstić information content (AvgIpc) is 3.12. The first-order valence-corrected chi connectivity index (χ1v) is 7.43. The number of carbonyl (C=O) groups excluding carboxylic acids is 1. The minimum Gasteiger partial charge on any atom is -0.485 e. The molecule has 2 aromatic rings. The smallest absolute Gasteiger partial charge is 0.232 e. The lowest BCUT2D eigenvalue weighted by Gasteiger charge is -2.20. The molecule has 116 valence electrons. The van der Waals surface area contributed by atoms with Crippen LogP contribution < -0.4 is 4.74 Å². The van der Waals surface area contributed by atoms with E-state index < -0.39 is 0 Å². The Morgan fingerprint density at radius 3 is 2.82 bits per heavy atom. The fraction of sp³-hybridized carbons (Fsp3) is 0.438. The number of likely N-dealkylation sites (tertiary alicyclic amines) is 1. The zero-order valence-corrected chi connectivity index (χ0v) is 12.7. The number of aromatic nitrogens is 2. The summed E-state index contributed by atoms with van der Waals surface area (Å²) in [6.45, 7) is 4.90. The van der Waals surface area contributed by atoms with Crippen molar-refractivity contribution < 1.29 is 14.1 Å². The van der Waals surface area contributed by atoms with E-state index in [9.17, 15) is 4.79 Å². The number of carbonyl (C=O) groups is 1. The molecule has 1 saturated heterocycles. The molecule has 1 aromatic carbocycles. The van der Waals surface area contributed by atoms with E-state index in [1.807, 2.05) is 49.1 Å². The largest absolute Gasteiger partial charge is 0.485 e. The highest BCUT2D eigenvalue weighted by Crippen LogP contribution is 2.28. The molecule has 0 bridgehead atoms. The molecule has 0 spiro atoms. The fourth-order valence-corrected chi connectivity index (χ4v) is 2.55. The molecule has 1 amide bonds. The predicted molar refractivity (Wildman–Crippen MR) is 79.3 cm³/mol. The summed E-state index contributed by atoms with van der Waals surface area (Å²) in [4.78, 5) is 18.1. The summed E-state index contributed by atoms with van der Waals surface area (Å²) in [6.07, 6.45) is 0.430. The van der Waals surface area contributed by atoms with E-state index in [0.29, 0.717) is 24.7 Å². The summed E-state index contributed by atoms with van der Waals surface area (Å²) in [5.41, 5.74) is 0. The first-order chi connectivity index (χ1) is 10.6. The topological polar surface area (TPSA) is 68.5 Å². The van der Waals surface area contributed by atoms with Gasteiger partial charge in [0, 0.05) is 19.0 Å². The van der Waals surface area contributed by atoms with Crippen molar-refractivity contribution in [3.63, 3.8) is 0 Å². The molecule has 1 atom stereocenters. The lowest BCUT2D eigenvalue weighted by molar-refractivity contribution is -0.129. The summed E-state index contributed by atoms with van der Waals surface area (Å²) in [5.74, 6) is 1.89. The van der Waals surface area contributed by atoms with Crippen LogP contribution in [0.4, 0.5) is 0 Å². The van der Waals surface area contributed by atoms with Gasteiger partial charge in [-0.2, -0.15) is 4.98 Å². The van der Waals surface area contributed by atoms with Gasteiger partial charge >= 0.3 is 0 Å². The van der Waals surface area contributed by atoms with Crippen LogP contribution >= 0.6 is 0 Å². The van der Waals surface area contributed by atoms with E-state index >= 15 is 0 Å². The van der Waals surface area contributed by atoms with Crippen LogP contribution in [0.15, 0.2) is 34.9 Å². The number of ether oxygens (including phenoxy) is 1. The Morgan fingerprint density at radius 1 is 1.36 bits per heavy atom. The Kier molecular flexibility index (Phi) is 4.09. The second kappa shape index (κ2) is 6.17. The molecule has 1 aliphatic rings. The van der Waals surface area contributed by atoms with E-state index in [2.05, 4.69) is 10.1 Å². The molecular weight excluding hydrogens is 282 g/mol. The van der Waals surface area contributed by atoms with Gasteiger partial charge in [0.05, 0.1) is 5.92 Å². The van der Waals surface area contributed by atoms with Crippen molar-refractivity contribution in [3.05, 3.63) is 42.0 Å². The van der Waals surface area contributed by atoms with Crippen LogP contribution in [0.1, 0.15) is 37.9 Å². The normalized spacial score (nSPS) is 18.2. The summed E-state index contributed by atoms with van der Waals surface area (Å²) >= 11 is 0. The third-order valence-corrected chi connectivity index (χ3v) is 3.73. The van der Waals surface area contributed by atoms with Gasteiger partial charge in [-0.25, -0.2) is 0 Å². The number of rotatable bonds is 5. The van der Waals surface area contributed by atoms with Gasteiger partial charge in [0.15, 0.2) is 6.61 Å². The Labute approximate surface area is 129 Å². The number of hydrogen-bond donors (Lipinski definition) is 0. The van der Waals surface area contributed by atoms with Gasteiger partial charge in [-0.05, 0) is 26.0 Å². The zero-order valence-electron chi connectivity index (χ0n) is 12.7. The highest BCUT2D eigenvalue weighted by Gasteiger charge is 2.35. The molecule has 0 unspecified atom stereocenters. The van der Waals surface area contributed by atoms with E-state index in [4.69, 9.17) is 9.26 Å². The van der Waals surface area contributed by atoms with Gasteiger partial charge < -0.3 is 14.2 Å². The summed E-state index contributed by atoms with van der Waals surface area (Å²) in [7, 11) is 0. The van der Waals surface area contributed by atoms with Crippen molar-refractivity contribution >= 4 is 5.91 Å². The zero-order chi connectivity index (χ0) is 15.5. The van der Waals surface area contributed by atoms with Crippen molar-refractivity contribution in [1.29, 1.82) is 0 Å². The third kappa shape index (κ3) is 3.10. The average molecular weight is 301 g/mol. The Morgan fingerprint density at radius 2 is 2.14 bits per heavy atom. The molecule has 1 aromatic heterocycles. The molecule has 0 N–H and O–H groups in total. The molecule has 22 heavy (non-hydrogen) atoms. The first kappa shape index (κ1) is 14.6. The SMILES string of the molecule is CC(C)N1C[C@@H](c2nc(COc3ccccc3)no2)CC1=O. The van der Waals surface area contributed by atoms with Crippen LogP contribution in [0.3, 0.4) is 0 Å². The molecule has 1 aliphatic heterocycles. The minimum atomic E-state index is -0.0205. The highest BCUT2D eigenvalue weighted by molar-refractivity contribution is 5.79. The van der Waals surface area contributed by atoms with E-state index in [0.717, 1.165) is 5.75 Å². The molecule has 6 nitrogen and oxygen atoms in total. The summed E-state index contributed by atoms with van der Waals surface area (Å²) in [5, 5.41) is 3.93. The van der Waals surface area contributed by atoms with Crippen LogP contribution in [0.25, 0.3) is 0 Å². The van der Waals surface area contributed by atoms with E-state index in [1.165, 1.54) is 0 Å². The van der Waals surface area contributed by atoms with Gasteiger partial charge in [0.2, 0.25) is 17.6 Å². The van der Waals surface area contributed by atoms with Crippen LogP contribution in [0.5, 0.6) is 5.75 Å². The van der Waals surface area contributed by atoms with Gasteiger partial charge in [-0.3, -0.25) is 4.79 Å². The molecule has 0 aliphatic carbocycles. The van der Waals surface area contributed by atoms with Crippen molar-refractivity contribution in [2.24, 2.45) is 0 Å². The minimum absolute atomic E-state index is 0.0205. The van der Waals surface area contributed by atoms with Gasteiger partial charge in [0.1, 0.15) is 5.75 Å². The predicted octanol–water partition coefficient (Wildman–Crippen LogP) is 2.37. The fourth-order valence-electron chi connectivity index (χ4n) is 2.55. The maximum Gasteiger partial charge on any atom is 0.232 e. The first-order valence-electron chi connectivity index (χ1n) is 7.43. The Balaban J connectivity index is 1.61. The quantitative estimate of drug-likeness (QED) is 0.848. The summed E-state index contributed by atoms with van der Waals surface area (Å²) < 4.78 is 10.9.